The number of aromatic hydroxyl groups is 1. The number of phenols is 1. The van der Waals surface area contributed by atoms with Crippen LogP contribution < -0.4 is 5.73 Å². The van der Waals surface area contributed by atoms with Gasteiger partial charge < -0.3 is 20.8 Å². The van der Waals surface area contributed by atoms with E-state index < -0.39 is 5.60 Å². The first-order valence-corrected chi connectivity index (χ1v) is 6.10. The van der Waals surface area contributed by atoms with Gasteiger partial charge in [0.2, 0.25) is 0 Å². The number of benzene rings is 1. The van der Waals surface area contributed by atoms with Gasteiger partial charge in [-0.3, -0.25) is 4.79 Å². The molecule has 0 atom stereocenters. The van der Waals surface area contributed by atoms with Crippen LogP contribution in [0, 0.1) is 5.92 Å². The Hall–Kier alpha value is -1.75. The van der Waals surface area contributed by atoms with Crippen molar-refractivity contribution < 1.29 is 15.0 Å². The van der Waals surface area contributed by atoms with Crippen LogP contribution in [0.25, 0.3) is 0 Å². The Morgan fingerprint density at radius 3 is 2.67 bits per heavy atom. The first-order valence-electron chi connectivity index (χ1n) is 6.10. The van der Waals surface area contributed by atoms with Gasteiger partial charge in [-0.25, -0.2) is 0 Å². The molecule has 1 aromatic rings. The van der Waals surface area contributed by atoms with E-state index in [1.165, 1.54) is 18.2 Å². The highest BCUT2D eigenvalue weighted by molar-refractivity contribution is 6.00. The Morgan fingerprint density at radius 2 is 2.06 bits per heavy atom. The summed E-state index contributed by atoms with van der Waals surface area (Å²) in [6.07, 6.45) is 2.10. The minimum atomic E-state index is -0.693. The molecule has 5 heteroatoms. The zero-order valence-corrected chi connectivity index (χ0v) is 9.97. The summed E-state index contributed by atoms with van der Waals surface area (Å²) in [6, 6.07) is 4.32. The van der Waals surface area contributed by atoms with Crippen LogP contribution in [0.15, 0.2) is 18.2 Å². The normalized spacial score (nSPS) is 21.5. The number of carbonyl (C=O) groups is 1. The number of phenolic OH excluding ortho intramolecular Hbond substituents is 1. The van der Waals surface area contributed by atoms with Crippen molar-refractivity contribution in [1.29, 1.82) is 0 Å². The maximum atomic E-state index is 12.2. The van der Waals surface area contributed by atoms with E-state index in [4.69, 9.17) is 5.73 Å². The molecule has 0 aromatic heterocycles. The first kappa shape index (κ1) is 11.3. The Kier molecular flexibility index (Phi) is 2.28. The van der Waals surface area contributed by atoms with E-state index >= 15 is 0 Å². The third-order valence-corrected chi connectivity index (χ3v) is 3.82. The molecule has 0 unspecified atom stereocenters. The van der Waals surface area contributed by atoms with Crippen molar-refractivity contribution in [2.75, 3.05) is 18.8 Å². The lowest BCUT2D eigenvalue weighted by atomic mass is 9.88. The number of aliphatic hydroxyl groups is 1. The molecule has 1 heterocycles. The van der Waals surface area contributed by atoms with Gasteiger partial charge in [-0.2, -0.15) is 0 Å². The predicted molar refractivity (Wildman–Crippen MR) is 66.1 cm³/mol. The highest BCUT2D eigenvalue weighted by Gasteiger charge is 2.53. The van der Waals surface area contributed by atoms with Gasteiger partial charge in [0.15, 0.2) is 0 Å². The Morgan fingerprint density at radius 1 is 1.39 bits per heavy atom. The number of hydrogen-bond acceptors (Lipinski definition) is 4. The molecule has 3 rings (SSSR count). The molecule has 5 nitrogen and oxygen atoms in total. The molecule has 4 N–H and O–H groups in total. The third kappa shape index (κ3) is 1.71. The molecule has 1 aliphatic carbocycles. The molecular weight excluding hydrogens is 232 g/mol. The summed E-state index contributed by atoms with van der Waals surface area (Å²) in [5.74, 6) is 0.141. The van der Waals surface area contributed by atoms with Crippen molar-refractivity contribution in [1.82, 2.24) is 4.90 Å². The number of carbonyl (C=O) groups excluding carboxylic acids is 1. The van der Waals surface area contributed by atoms with Crippen LogP contribution >= 0.6 is 0 Å². The lowest BCUT2D eigenvalue weighted by Crippen LogP contribution is -2.64. The summed E-state index contributed by atoms with van der Waals surface area (Å²) in [4.78, 5) is 13.7. The van der Waals surface area contributed by atoms with Crippen LogP contribution in [0.5, 0.6) is 5.75 Å². The van der Waals surface area contributed by atoms with Crippen molar-refractivity contribution in [2.24, 2.45) is 5.92 Å². The summed E-state index contributed by atoms with van der Waals surface area (Å²) >= 11 is 0. The average Bonchev–Trinajstić information content (AvgIpc) is 3.11. The van der Waals surface area contributed by atoms with Crippen LogP contribution in [0.4, 0.5) is 5.69 Å². The number of anilines is 1. The second kappa shape index (κ2) is 3.62. The van der Waals surface area contributed by atoms with Crippen LogP contribution in [-0.4, -0.2) is 39.7 Å². The molecule has 18 heavy (non-hydrogen) atoms. The summed E-state index contributed by atoms with van der Waals surface area (Å²) in [7, 11) is 0. The van der Waals surface area contributed by atoms with Gasteiger partial charge >= 0.3 is 0 Å². The van der Waals surface area contributed by atoms with Gasteiger partial charge in [-0.05, 0) is 37.0 Å². The summed E-state index contributed by atoms with van der Waals surface area (Å²) in [5, 5.41) is 19.5. The minimum Gasteiger partial charge on any atom is -0.508 e. The molecule has 0 bridgehead atoms. The van der Waals surface area contributed by atoms with Gasteiger partial charge in [0.25, 0.3) is 5.91 Å². The van der Waals surface area contributed by atoms with Gasteiger partial charge in [-0.1, -0.05) is 0 Å². The number of nitrogens with zero attached hydrogens (tertiary/aromatic N) is 1. The molecule has 1 saturated carbocycles. The molecule has 0 radical (unpaired) electrons. The van der Waals surface area contributed by atoms with Crippen molar-refractivity contribution >= 4 is 11.6 Å². The number of rotatable bonds is 2. The second-order valence-electron chi connectivity index (χ2n) is 5.31. The van der Waals surface area contributed by atoms with E-state index in [9.17, 15) is 15.0 Å². The van der Waals surface area contributed by atoms with Gasteiger partial charge in [-0.15, -0.1) is 0 Å². The number of β-amino-alcohol motifs (C(OH)–C–C–N with tert-alkyl or cyclic N) is 1. The second-order valence-corrected chi connectivity index (χ2v) is 5.31. The van der Waals surface area contributed by atoms with Gasteiger partial charge in [0.05, 0.1) is 18.7 Å². The Balaban J connectivity index is 1.74. The van der Waals surface area contributed by atoms with Gasteiger partial charge in [0.1, 0.15) is 11.4 Å². The number of hydrogen-bond donors (Lipinski definition) is 3. The number of nitrogen functional groups attached to an aromatic ring is 1. The molecule has 1 aromatic carbocycles. The zero-order valence-electron chi connectivity index (χ0n) is 9.97. The molecular formula is C13H16N2O3. The fourth-order valence-corrected chi connectivity index (χ4v) is 2.54. The minimum absolute atomic E-state index is 0.0190. The van der Waals surface area contributed by atoms with Crippen molar-refractivity contribution in [3.8, 4) is 5.75 Å². The Labute approximate surface area is 105 Å². The van der Waals surface area contributed by atoms with E-state index in [1.54, 1.807) is 4.90 Å². The molecule has 0 spiro atoms. The van der Waals surface area contributed by atoms with E-state index in [0.29, 0.717) is 30.3 Å². The van der Waals surface area contributed by atoms with Crippen LogP contribution in [-0.2, 0) is 0 Å². The number of nitrogens with two attached hydrogens (primary N) is 1. The SMILES string of the molecule is Nc1ccc(O)cc1C(=O)N1CC(O)(C2CC2)C1. The highest BCUT2D eigenvalue weighted by atomic mass is 16.3. The lowest BCUT2D eigenvalue weighted by Gasteiger charge is -2.47. The zero-order chi connectivity index (χ0) is 12.9. The molecule has 2 fully saturated rings. The average molecular weight is 248 g/mol. The predicted octanol–water partition coefficient (Wildman–Crippen LogP) is 0.571. The van der Waals surface area contributed by atoms with E-state index in [0.717, 1.165) is 12.8 Å². The summed E-state index contributed by atoms with van der Waals surface area (Å²) in [5.41, 5.74) is 5.68. The summed E-state index contributed by atoms with van der Waals surface area (Å²) in [6.45, 7) is 0.733. The fourth-order valence-electron chi connectivity index (χ4n) is 2.54. The maximum Gasteiger partial charge on any atom is 0.256 e. The Bertz CT molecular complexity index is 505. The van der Waals surface area contributed by atoms with Crippen LogP contribution in [0.3, 0.4) is 0 Å². The number of likely N-dealkylation sites (tertiary alicyclic amines) is 1. The van der Waals surface area contributed by atoms with Gasteiger partial charge in [0, 0.05) is 5.69 Å². The first-order chi connectivity index (χ1) is 8.49. The topological polar surface area (TPSA) is 86.8 Å². The molecule has 2 aliphatic rings. The largest absolute Gasteiger partial charge is 0.508 e. The lowest BCUT2D eigenvalue weighted by molar-refractivity contribution is -0.0957. The standard InChI is InChI=1S/C13H16N2O3/c14-11-4-3-9(16)5-10(11)12(17)15-6-13(18,7-15)8-1-2-8/h3-5,8,16,18H,1-2,6-7,14H2. The molecule has 1 amide bonds. The quantitative estimate of drug-likeness (QED) is 0.527. The number of amides is 1. The van der Waals surface area contributed by atoms with E-state index in [1.807, 2.05) is 0 Å². The third-order valence-electron chi connectivity index (χ3n) is 3.82. The monoisotopic (exact) mass is 248 g/mol. The van der Waals surface area contributed by atoms with Crippen LogP contribution in [0.1, 0.15) is 23.2 Å². The highest BCUT2D eigenvalue weighted by Crippen LogP contribution is 2.44. The molecule has 1 saturated heterocycles. The van der Waals surface area contributed by atoms with Crippen molar-refractivity contribution in [3.05, 3.63) is 23.8 Å². The van der Waals surface area contributed by atoms with Crippen molar-refractivity contribution in [3.63, 3.8) is 0 Å². The van der Waals surface area contributed by atoms with Crippen molar-refractivity contribution in [2.45, 2.75) is 18.4 Å². The van der Waals surface area contributed by atoms with Crippen LogP contribution in [0.2, 0.25) is 0 Å². The molecule has 1 aliphatic heterocycles. The molecule has 96 valence electrons. The van der Waals surface area contributed by atoms with E-state index in [2.05, 4.69) is 0 Å². The van der Waals surface area contributed by atoms with E-state index in [-0.39, 0.29) is 11.7 Å². The fraction of sp³-hybridized carbons (Fsp3) is 0.462. The maximum absolute atomic E-state index is 12.2. The summed E-state index contributed by atoms with van der Waals surface area (Å²) < 4.78 is 0. The smallest absolute Gasteiger partial charge is 0.256 e.